The average molecular weight is 538 g/mol. The molecule has 0 bridgehead atoms. The van der Waals surface area contributed by atoms with Crippen LogP contribution in [0.3, 0.4) is 0 Å². The summed E-state index contributed by atoms with van der Waals surface area (Å²) in [5.41, 5.74) is 3.84. The summed E-state index contributed by atoms with van der Waals surface area (Å²) < 4.78 is 33.2. The minimum absolute atomic E-state index is 0.0697. The lowest BCUT2D eigenvalue weighted by atomic mass is 9.71. The fraction of sp³-hybridized carbons (Fsp3) is 0.400. The van der Waals surface area contributed by atoms with Crippen LogP contribution in [0.2, 0.25) is 0 Å². The van der Waals surface area contributed by atoms with Gasteiger partial charge in [-0.05, 0) is 49.9 Å². The highest BCUT2D eigenvalue weighted by molar-refractivity contribution is 6.04. The molecule has 1 aliphatic heterocycles. The summed E-state index contributed by atoms with van der Waals surface area (Å²) in [4.78, 5) is 27.2. The van der Waals surface area contributed by atoms with Gasteiger partial charge in [-0.2, -0.15) is 0 Å². The second kappa shape index (κ2) is 11.7. The van der Waals surface area contributed by atoms with Gasteiger partial charge in [-0.3, -0.25) is 4.79 Å². The smallest absolute Gasteiger partial charge is 0.336 e. The summed E-state index contributed by atoms with van der Waals surface area (Å²) in [5, 5.41) is 3.36. The Morgan fingerprint density at radius 2 is 1.54 bits per heavy atom. The Bertz CT molecular complexity index is 1340. The van der Waals surface area contributed by atoms with Gasteiger partial charge in [0.15, 0.2) is 28.8 Å². The SMILES string of the molecule is CCOC(=O)C1=C(C)NC2=C(C(=O)C[C@H](c3ccc(OC)c(OC)c3)C2)[C@H]1c1ccc(OC)c(OC)c1OC. The van der Waals surface area contributed by atoms with Crippen molar-refractivity contribution < 1.29 is 38.0 Å². The first kappa shape index (κ1) is 27.9. The number of hydrogen-bond donors (Lipinski definition) is 1. The van der Waals surface area contributed by atoms with Gasteiger partial charge in [0.1, 0.15) is 0 Å². The van der Waals surface area contributed by atoms with Crippen molar-refractivity contribution in [3.05, 3.63) is 64.0 Å². The first-order chi connectivity index (χ1) is 18.8. The number of carbonyl (C=O) groups excluding carboxylic acids is 2. The summed E-state index contributed by atoms with van der Waals surface area (Å²) in [6, 6.07) is 9.26. The maximum atomic E-state index is 14.0. The van der Waals surface area contributed by atoms with Crippen molar-refractivity contribution >= 4 is 11.8 Å². The summed E-state index contributed by atoms with van der Waals surface area (Å²) in [7, 11) is 7.75. The molecule has 1 aliphatic carbocycles. The van der Waals surface area contributed by atoms with Gasteiger partial charge in [-0.1, -0.05) is 12.1 Å². The molecule has 0 fully saturated rings. The van der Waals surface area contributed by atoms with Crippen LogP contribution in [-0.4, -0.2) is 53.9 Å². The maximum Gasteiger partial charge on any atom is 0.336 e. The number of esters is 1. The first-order valence-electron chi connectivity index (χ1n) is 12.7. The molecule has 0 saturated carbocycles. The minimum Gasteiger partial charge on any atom is -0.493 e. The van der Waals surface area contributed by atoms with Crippen molar-refractivity contribution in [1.29, 1.82) is 0 Å². The van der Waals surface area contributed by atoms with Crippen molar-refractivity contribution in [2.75, 3.05) is 42.2 Å². The van der Waals surface area contributed by atoms with Crippen molar-refractivity contribution in [2.45, 2.75) is 38.5 Å². The van der Waals surface area contributed by atoms with E-state index >= 15 is 0 Å². The van der Waals surface area contributed by atoms with Crippen molar-refractivity contribution in [3.8, 4) is 28.7 Å². The lowest BCUT2D eigenvalue weighted by molar-refractivity contribution is -0.138. The highest BCUT2D eigenvalue weighted by atomic mass is 16.5. The lowest BCUT2D eigenvalue weighted by Gasteiger charge is -2.37. The Morgan fingerprint density at radius 3 is 2.15 bits per heavy atom. The van der Waals surface area contributed by atoms with Crippen LogP contribution in [-0.2, 0) is 14.3 Å². The fourth-order valence-electron chi connectivity index (χ4n) is 5.52. The number of Topliss-reactive ketones (excluding diaryl/α,β-unsaturated/α-hetero) is 1. The molecule has 2 aliphatic rings. The Morgan fingerprint density at radius 1 is 0.872 bits per heavy atom. The topological polar surface area (TPSA) is 102 Å². The van der Waals surface area contributed by atoms with Gasteiger partial charge in [-0.15, -0.1) is 0 Å². The number of carbonyl (C=O) groups is 2. The Labute approximate surface area is 228 Å². The number of hydrogen-bond acceptors (Lipinski definition) is 9. The molecule has 9 nitrogen and oxygen atoms in total. The molecule has 1 N–H and O–H groups in total. The molecule has 0 saturated heterocycles. The molecule has 0 amide bonds. The predicted molar refractivity (Wildman–Crippen MR) is 145 cm³/mol. The zero-order valence-corrected chi connectivity index (χ0v) is 23.4. The van der Waals surface area contributed by atoms with Gasteiger partial charge in [0.25, 0.3) is 0 Å². The van der Waals surface area contributed by atoms with Gasteiger partial charge in [0, 0.05) is 29.0 Å². The van der Waals surface area contributed by atoms with E-state index < -0.39 is 11.9 Å². The minimum atomic E-state index is -0.714. The number of dihydropyridines is 1. The van der Waals surface area contributed by atoms with Crippen LogP contribution in [0.1, 0.15) is 49.7 Å². The molecule has 208 valence electrons. The summed E-state index contributed by atoms with van der Waals surface area (Å²) in [6.45, 7) is 3.77. The molecule has 2 atom stereocenters. The number of methoxy groups -OCH3 is 5. The third-order valence-electron chi connectivity index (χ3n) is 7.25. The van der Waals surface area contributed by atoms with Gasteiger partial charge >= 0.3 is 5.97 Å². The van der Waals surface area contributed by atoms with Crippen LogP contribution >= 0.6 is 0 Å². The van der Waals surface area contributed by atoms with Crippen LogP contribution < -0.4 is 29.0 Å². The molecule has 39 heavy (non-hydrogen) atoms. The van der Waals surface area contributed by atoms with Gasteiger partial charge < -0.3 is 33.7 Å². The second-order valence-electron chi connectivity index (χ2n) is 9.28. The van der Waals surface area contributed by atoms with Crippen LogP contribution in [0.15, 0.2) is 52.9 Å². The number of rotatable bonds is 9. The van der Waals surface area contributed by atoms with Gasteiger partial charge in [-0.25, -0.2) is 4.79 Å². The highest BCUT2D eigenvalue weighted by Crippen LogP contribution is 2.51. The van der Waals surface area contributed by atoms with E-state index in [1.807, 2.05) is 25.1 Å². The largest absolute Gasteiger partial charge is 0.493 e. The number of allylic oxidation sites excluding steroid dienone is 3. The molecule has 0 spiro atoms. The van der Waals surface area contributed by atoms with Crippen LogP contribution in [0.5, 0.6) is 28.7 Å². The van der Waals surface area contributed by atoms with E-state index in [0.717, 1.165) is 11.3 Å². The summed E-state index contributed by atoms with van der Waals surface area (Å²) >= 11 is 0. The van der Waals surface area contributed by atoms with E-state index in [4.69, 9.17) is 28.4 Å². The quantitative estimate of drug-likeness (QED) is 0.458. The van der Waals surface area contributed by atoms with E-state index in [1.165, 1.54) is 21.3 Å². The number of ether oxygens (including phenoxy) is 6. The van der Waals surface area contributed by atoms with Crippen LogP contribution in [0.25, 0.3) is 0 Å². The molecule has 0 aromatic heterocycles. The van der Waals surface area contributed by atoms with Crippen molar-refractivity contribution in [1.82, 2.24) is 5.32 Å². The number of nitrogens with one attached hydrogen (secondary N) is 1. The zero-order valence-electron chi connectivity index (χ0n) is 23.4. The molecule has 4 rings (SSSR count). The molecule has 0 radical (unpaired) electrons. The van der Waals surface area contributed by atoms with Gasteiger partial charge in [0.05, 0.1) is 53.6 Å². The van der Waals surface area contributed by atoms with E-state index in [2.05, 4.69) is 5.32 Å². The van der Waals surface area contributed by atoms with Gasteiger partial charge in [0.2, 0.25) is 5.75 Å². The van der Waals surface area contributed by atoms with Crippen LogP contribution in [0, 0.1) is 0 Å². The maximum absolute atomic E-state index is 14.0. The standard InChI is InChI=1S/C30H35NO8/c1-8-39-30(33)25-16(2)31-20-13-18(17-9-11-22(34-3)24(15-17)36-5)14-21(32)27(20)26(25)19-10-12-23(35-4)29(38-7)28(19)37-6/h9-12,15,18,26,31H,8,13-14H2,1-7H3/t18-,26+/m1/s1. The molecular weight excluding hydrogens is 502 g/mol. The molecule has 1 heterocycles. The Balaban J connectivity index is 1.87. The molecule has 0 unspecified atom stereocenters. The average Bonchev–Trinajstić information content (AvgIpc) is 2.94. The van der Waals surface area contributed by atoms with E-state index in [0.29, 0.717) is 57.6 Å². The highest BCUT2D eigenvalue weighted by Gasteiger charge is 2.43. The Kier molecular flexibility index (Phi) is 8.38. The number of benzene rings is 2. The number of ketones is 1. The summed E-state index contributed by atoms with van der Waals surface area (Å²) in [6.07, 6.45) is 0.827. The summed E-state index contributed by atoms with van der Waals surface area (Å²) in [5.74, 6) is 1.10. The van der Waals surface area contributed by atoms with Crippen molar-refractivity contribution in [2.24, 2.45) is 0 Å². The molecule has 9 heteroatoms. The Hall–Kier alpha value is -4.14. The lowest BCUT2D eigenvalue weighted by Crippen LogP contribution is -2.36. The van der Waals surface area contributed by atoms with E-state index in [9.17, 15) is 9.59 Å². The van der Waals surface area contributed by atoms with Crippen molar-refractivity contribution in [3.63, 3.8) is 0 Å². The third-order valence-corrected chi connectivity index (χ3v) is 7.25. The molecular formula is C30H35NO8. The van der Waals surface area contributed by atoms with E-state index in [-0.39, 0.29) is 24.7 Å². The third kappa shape index (κ3) is 5.01. The molecule has 2 aromatic rings. The predicted octanol–water partition coefficient (Wildman–Crippen LogP) is 4.65. The second-order valence-corrected chi connectivity index (χ2v) is 9.28. The monoisotopic (exact) mass is 537 g/mol. The van der Waals surface area contributed by atoms with E-state index in [1.54, 1.807) is 33.3 Å². The zero-order chi connectivity index (χ0) is 28.3. The normalized spacial score (nSPS) is 18.7. The molecule has 2 aromatic carbocycles. The van der Waals surface area contributed by atoms with Crippen LogP contribution in [0.4, 0.5) is 0 Å². The fourth-order valence-corrected chi connectivity index (χ4v) is 5.52. The first-order valence-corrected chi connectivity index (χ1v) is 12.7.